The van der Waals surface area contributed by atoms with Crippen molar-refractivity contribution in [2.45, 2.75) is 0 Å². The molecule has 34 heavy (non-hydrogen) atoms. The van der Waals surface area contributed by atoms with Gasteiger partial charge in [0, 0.05) is 23.0 Å². The average molecular weight is 448 g/mol. The Morgan fingerprint density at radius 2 is 1.62 bits per heavy atom. The first-order chi connectivity index (χ1) is 16.7. The van der Waals surface area contributed by atoms with E-state index in [1.165, 1.54) is 12.1 Å². The summed E-state index contributed by atoms with van der Waals surface area (Å²) in [6, 6.07) is 24.8. The number of halogens is 1. The zero-order chi connectivity index (χ0) is 23.1. The van der Waals surface area contributed by atoms with Gasteiger partial charge in [-0.25, -0.2) is 9.37 Å². The Kier molecular flexibility index (Phi) is 4.62. The van der Waals surface area contributed by atoms with Gasteiger partial charge in [0.1, 0.15) is 5.82 Å². The monoisotopic (exact) mass is 448 g/mol. The third-order valence-corrected chi connectivity index (χ3v) is 5.63. The van der Waals surface area contributed by atoms with Gasteiger partial charge in [-0.3, -0.25) is 9.36 Å². The molecule has 0 aliphatic carbocycles. The highest BCUT2D eigenvalue weighted by Crippen LogP contribution is 2.39. The van der Waals surface area contributed by atoms with Gasteiger partial charge in [-0.05, 0) is 60.7 Å². The van der Waals surface area contributed by atoms with E-state index in [4.69, 9.17) is 0 Å². The molecule has 164 valence electrons. The molecule has 2 aromatic heterocycles. The van der Waals surface area contributed by atoms with Gasteiger partial charge in [-0.2, -0.15) is 0 Å². The van der Waals surface area contributed by atoms with E-state index in [-0.39, 0.29) is 5.56 Å². The predicted molar refractivity (Wildman–Crippen MR) is 128 cm³/mol. The number of carbonyl (C=O) groups excluding carboxylic acids is 1. The van der Waals surface area contributed by atoms with Gasteiger partial charge in [0.2, 0.25) is 0 Å². The molecule has 0 spiro atoms. The molecule has 2 N–H and O–H groups in total. The average Bonchev–Trinajstić information content (AvgIpc) is 3.24. The number of amides is 1. The molecule has 0 saturated heterocycles. The maximum absolute atomic E-state index is 13.9. The minimum atomic E-state index is -0.566. The lowest BCUT2D eigenvalue weighted by atomic mass is 10.1. The lowest BCUT2D eigenvalue weighted by molar-refractivity contribution is 0.102. The number of fused-ring (bicyclic) bond motifs is 5. The first-order valence-electron chi connectivity index (χ1n) is 10.6. The minimum Gasteiger partial charge on any atom is -0.338 e. The van der Waals surface area contributed by atoms with Crippen LogP contribution in [-0.4, -0.2) is 25.7 Å². The van der Waals surface area contributed by atoms with Crippen molar-refractivity contribution in [2.24, 2.45) is 0 Å². The van der Waals surface area contributed by atoms with Crippen LogP contribution in [-0.2, 0) is 0 Å². The minimum absolute atomic E-state index is 0.00961. The van der Waals surface area contributed by atoms with Crippen molar-refractivity contribution in [1.82, 2.24) is 19.7 Å². The molecule has 6 rings (SSSR count). The fourth-order valence-corrected chi connectivity index (χ4v) is 4.01. The smallest absolute Gasteiger partial charge is 0.258 e. The first-order valence-corrected chi connectivity index (χ1v) is 10.6. The number of carbonyl (C=O) groups is 1. The van der Waals surface area contributed by atoms with Gasteiger partial charge in [-0.1, -0.05) is 24.3 Å². The third-order valence-electron chi connectivity index (χ3n) is 5.63. The van der Waals surface area contributed by atoms with Crippen LogP contribution in [0.2, 0.25) is 0 Å². The summed E-state index contributed by atoms with van der Waals surface area (Å²) in [6.45, 7) is 0. The lowest BCUT2D eigenvalue weighted by Crippen LogP contribution is -2.13. The number of rotatable bonds is 3. The topological polar surface area (TPSA) is 84.7 Å². The van der Waals surface area contributed by atoms with Crippen molar-refractivity contribution in [2.75, 3.05) is 10.6 Å². The normalized spacial score (nSPS) is 11.4. The van der Waals surface area contributed by atoms with Crippen molar-refractivity contribution in [1.29, 1.82) is 0 Å². The molecule has 8 heteroatoms. The Morgan fingerprint density at radius 3 is 2.47 bits per heavy atom. The number of nitrogens with zero attached hydrogens (tertiary/aromatic N) is 4. The number of hydrogen-bond acceptors (Lipinski definition) is 5. The van der Waals surface area contributed by atoms with Crippen molar-refractivity contribution >= 4 is 23.1 Å². The fourth-order valence-electron chi connectivity index (χ4n) is 4.01. The molecule has 3 heterocycles. The summed E-state index contributed by atoms with van der Waals surface area (Å²) >= 11 is 0. The summed E-state index contributed by atoms with van der Waals surface area (Å²) in [5.41, 5.74) is 3.97. The standard InChI is InChI=1S/C26H17FN6O/c27-20-8-3-1-6-18(20)26(34)29-17-13-11-16(12-14-17)24-31-32-25-19-7-2-4-9-21(19)30-23-22(33(24)25)10-5-15-28-23/h1-15H,(H,28,30)(H,29,34). The van der Waals surface area contributed by atoms with Crippen molar-refractivity contribution in [3.8, 4) is 28.5 Å². The molecule has 1 amide bonds. The zero-order valence-electron chi connectivity index (χ0n) is 17.7. The third kappa shape index (κ3) is 3.29. The highest BCUT2D eigenvalue weighted by molar-refractivity contribution is 6.04. The van der Waals surface area contributed by atoms with Gasteiger partial charge >= 0.3 is 0 Å². The van der Waals surface area contributed by atoms with Crippen LogP contribution in [0.5, 0.6) is 0 Å². The van der Waals surface area contributed by atoms with Crippen LogP contribution >= 0.6 is 0 Å². The number of para-hydroxylation sites is 1. The zero-order valence-corrected chi connectivity index (χ0v) is 17.7. The number of nitrogens with one attached hydrogen (secondary N) is 2. The van der Waals surface area contributed by atoms with E-state index in [9.17, 15) is 9.18 Å². The second-order valence-corrected chi connectivity index (χ2v) is 7.74. The van der Waals surface area contributed by atoms with Crippen LogP contribution in [0.1, 0.15) is 10.4 Å². The maximum atomic E-state index is 13.9. The summed E-state index contributed by atoms with van der Waals surface area (Å²) in [5, 5.41) is 15.1. The maximum Gasteiger partial charge on any atom is 0.258 e. The van der Waals surface area contributed by atoms with Crippen molar-refractivity contribution in [3.63, 3.8) is 0 Å². The summed E-state index contributed by atoms with van der Waals surface area (Å²) < 4.78 is 15.9. The quantitative estimate of drug-likeness (QED) is 0.376. The SMILES string of the molecule is O=C(Nc1ccc(-c2nnc3n2-c2cccnc2Nc2ccccc2-3)cc1)c1ccccc1F. The summed E-state index contributed by atoms with van der Waals surface area (Å²) in [7, 11) is 0. The second-order valence-electron chi connectivity index (χ2n) is 7.74. The number of pyridine rings is 1. The summed E-state index contributed by atoms with van der Waals surface area (Å²) in [4.78, 5) is 16.9. The predicted octanol–water partition coefficient (Wildman–Crippen LogP) is 5.44. The van der Waals surface area contributed by atoms with Gasteiger partial charge in [0.05, 0.1) is 16.9 Å². The lowest BCUT2D eigenvalue weighted by Gasteiger charge is -2.11. The highest BCUT2D eigenvalue weighted by atomic mass is 19.1. The molecule has 1 aliphatic rings. The molecule has 0 saturated carbocycles. The molecule has 7 nitrogen and oxygen atoms in total. The Morgan fingerprint density at radius 1 is 0.853 bits per heavy atom. The van der Waals surface area contributed by atoms with Crippen LogP contribution in [0.3, 0.4) is 0 Å². The molecule has 0 unspecified atom stereocenters. The van der Waals surface area contributed by atoms with Gasteiger partial charge < -0.3 is 10.6 Å². The fraction of sp³-hybridized carbons (Fsp3) is 0. The van der Waals surface area contributed by atoms with Gasteiger partial charge in [0.15, 0.2) is 17.5 Å². The Balaban J connectivity index is 1.39. The van der Waals surface area contributed by atoms with E-state index in [1.54, 1.807) is 30.5 Å². The van der Waals surface area contributed by atoms with Crippen LogP contribution < -0.4 is 10.6 Å². The van der Waals surface area contributed by atoms with E-state index in [2.05, 4.69) is 25.8 Å². The molecule has 5 aromatic rings. The highest BCUT2D eigenvalue weighted by Gasteiger charge is 2.24. The Labute approximate surface area is 193 Å². The number of anilines is 3. The van der Waals surface area contributed by atoms with Gasteiger partial charge in [0.25, 0.3) is 5.91 Å². The van der Waals surface area contributed by atoms with Crippen molar-refractivity contribution in [3.05, 3.63) is 103 Å². The van der Waals surface area contributed by atoms with E-state index in [0.717, 1.165) is 22.5 Å². The van der Waals surface area contributed by atoms with Crippen LogP contribution in [0.15, 0.2) is 91.1 Å². The molecule has 0 radical (unpaired) electrons. The van der Waals surface area contributed by atoms with E-state index >= 15 is 0 Å². The van der Waals surface area contributed by atoms with E-state index in [1.807, 2.05) is 53.1 Å². The Hall–Kier alpha value is -4.85. The summed E-state index contributed by atoms with van der Waals surface area (Å²) in [6.07, 6.45) is 1.73. The molecule has 0 fully saturated rings. The molecule has 3 aromatic carbocycles. The second kappa shape index (κ2) is 7.93. The van der Waals surface area contributed by atoms with Crippen molar-refractivity contribution < 1.29 is 9.18 Å². The van der Waals surface area contributed by atoms with Gasteiger partial charge in [-0.15, -0.1) is 10.2 Å². The number of hydrogen-bond donors (Lipinski definition) is 2. The number of aromatic nitrogens is 4. The molecular formula is C26H17FN6O. The molecule has 0 bridgehead atoms. The first kappa shape index (κ1) is 19.8. The largest absolute Gasteiger partial charge is 0.338 e. The molecule has 0 atom stereocenters. The van der Waals surface area contributed by atoms with Crippen LogP contribution in [0.4, 0.5) is 21.6 Å². The summed E-state index contributed by atoms with van der Waals surface area (Å²) in [5.74, 6) is 0.953. The molecular weight excluding hydrogens is 431 g/mol. The van der Waals surface area contributed by atoms with E-state index < -0.39 is 11.7 Å². The van der Waals surface area contributed by atoms with Crippen LogP contribution in [0, 0.1) is 5.82 Å². The Bertz CT molecular complexity index is 1540. The van der Waals surface area contributed by atoms with E-state index in [0.29, 0.717) is 23.2 Å². The van der Waals surface area contributed by atoms with Crippen LogP contribution in [0.25, 0.3) is 28.5 Å². The molecule has 1 aliphatic heterocycles. The number of benzene rings is 3.